The van der Waals surface area contributed by atoms with Crippen LogP contribution in [-0.2, 0) is 4.74 Å². The Hall–Kier alpha value is -0.460. The van der Waals surface area contributed by atoms with Crippen LogP contribution in [0.2, 0.25) is 5.02 Å². The molecule has 0 bridgehead atoms. The van der Waals surface area contributed by atoms with Gasteiger partial charge in [-0.05, 0) is 22.0 Å². The molecule has 0 aliphatic heterocycles. The fourth-order valence-electron chi connectivity index (χ4n) is 1.48. The summed E-state index contributed by atoms with van der Waals surface area (Å²) >= 11 is 7.90. The van der Waals surface area contributed by atoms with Gasteiger partial charge in [-0.25, -0.2) is 13.6 Å². The van der Waals surface area contributed by atoms with Crippen LogP contribution >= 0.6 is 40.0 Å². The minimum absolute atomic E-state index is 0.0186. The monoisotopic (exact) mass is 386 g/mol. The van der Waals surface area contributed by atoms with E-state index in [2.05, 4.69) is 31.9 Å². The van der Waals surface area contributed by atoms with E-state index in [0.29, 0.717) is 17.3 Å². The Balaban J connectivity index is 2.84. The topological polar surface area (TPSA) is 44.1 Å². The summed E-state index contributed by atoms with van der Waals surface area (Å²) in [5.41, 5.74) is 0.546. The third kappa shape index (κ3) is 2.13. The second kappa shape index (κ2) is 5.04. The molecule has 8 heteroatoms. The third-order valence-corrected chi connectivity index (χ3v) is 4.49. The van der Waals surface area contributed by atoms with Gasteiger partial charge in [-0.1, -0.05) is 11.6 Å². The molecule has 0 saturated heterocycles. The minimum Gasteiger partial charge on any atom is -0.465 e. The summed E-state index contributed by atoms with van der Waals surface area (Å²) in [5.74, 6) is -1.33. The lowest BCUT2D eigenvalue weighted by Crippen LogP contribution is -2.04. The molecule has 0 aliphatic rings. The molecule has 1 atom stereocenters. The number of nitrogens with zero attached hydrogens (tertiary/aromatic N) is 2. The maximum absolute atomic E-state index is 13.6. The average Bonchev–Trinajstić information content (AvgIpc) is 2.72. The molecule has 2 aromatic rings. The maximum Gasteiger partial charge on any atom is 0.340 e. The Morgan fingerprint density at radius 1 is 1.71 bits per heavy atom. The molecule has 2 rings (SSSR count). The number of fused-ring (bicyclic) bond motifs is 1. The van der Waals surface area contributed by atoms with Gasteiger partial charge in [-0.2, -0.15) is 5.10 Å². The molecule has 0 spiro atoms. The number of ether oxygens (including phenoxy) is 1. The molecule has 90 valence electrons. The van der Waals surface area contributed by atoms with Crippen LogP contribution < -0.4 is 0 Å². The molecule has 1 aromatic carbocycles. The lowest BCUT2D eigenvalue weighted by atomic mass is 10.1. The molecule has 0 amide bonds. The normalized spacial score (nSPS) is 11.5. The van der Waals surface area contributed by atoms with Crippen LogP contribution in [0.3, 0.4) is 0 Å². The molecule has 4 nitrogen and oxygen atoms in total. The van der Waals surface area contributed by atoms with Gasteiger partial charge in [0, 0.05) is 11.5 Å². The van der Waals surface area contributed by atoms with Gasteiger partial charge >= 0.3 is 5.97 Å². The Bertz CT molecular complexity index is 604. The third-order valence-electron chi connectivity index (χ3n) is 2.24. The largest absolute Gasteiger partial charge is 0.465 e. The van der Waals surface area contributed by atoms with E-state index in [4.69, 9.17) is 11.6 Å². The van der Waals surface area contributed by atoms with Crippen LogP contribution in [0.1, 0.15) is 10.4 Å². The van der Waals surface area contributed by atoms with Crippen molar-refractivity contribution >= 4 is 56.9 Å². The van der Waals surface area contributed by atoms with E-state index in [1.165, 1.54) is 19.4 Å². The second-order valence-corrected chi connectivity index (χ2v) is 5.53. The number of benzene rings is 1. The zero-order chi connectivity index (χ0) is 12.6. The number of aromatic nitrogens is 2. The number of halogens is 3. The molecule has 0 aliphatic carbocycles. The van der Waals surface area contributed by atoms with Crippen LogP contribution in [0.15, 0.2) is 12.3 Å². The van der Waals surface area contributed by atoms with E-state index >= 15 is 0 Å². The fraction of sp³-hybridized carbons (Fsp3) is 0.111. The molecule has 0 radical (unpaired) electrons. The number of carbonyl (C=O) groups excluding carboxylic acids is 1. The molecule has 0 fully saturated rings. The quantitative estimate of drug-likeness (QED) is 0.451. The summed E-state index contributed by atoms with van der Waals surface area (Å²) in [5, 5.41) is 4.32. The molecule has 0 N–H and O–H groups in total. The van der Waals surface area contributed by atoms with Crippen molar-refractivity contribution in [1.29, 1.82) is 0 Å². The minimum atomic E-state index is -0.671. The smallest absolute Gasteiger partial charge is 0.340 e. The van der Waals surface area contributed by atoms with E-state index in [1.807, 2.05) is 0 Å². The fourth-order valence-corrected chi connectivity index (χ4v) is 3.24. The number of hydrogen-bond acceptors (Lipinski definition) is 3. The van der Waals surface area contributed by atoms with E-state index in [-0.39, 0.29) is 10.6 Å². The average molecular weight is 386 g/mol. The van der Waals surface area contributed by atoms with Gasteiger partial charge < -0.3 is 4.74 Å². The molecule has 1 unspecified atom stereocenters. The molecular formula is C9H6ClFIN2O2P. The van der Waals surface area contributed by atoms with Gasteiger partial charge in [-0.3, -0.25) is 0 Å². The number of hydrogen-bond donors (Lipinski definition) is 0. The van der Waals surface area contributed by atoms with Crippen LogP contribution in [0.4, 0.5) is 4.39 Å². The standard InChI is InChI=1S/C9H6ClFIN2O2P/c1-16-9(15)7-4-3-13-14(17-12)6(4)2-5(11)8(7)10/h2-3,17H,1H3. The van der Waals surface area contributed by atoms with Crippen molar-refractivity contribution in [2.45, 2.75) is 0 Å². The van der Waals surface area contributed by atoms with Crippen LogP contribution in [0.5, 0.6) is 0 Å². The van der Waals surface area contributed by atoms with Gasteiger partial charge in [0.2, 0.25) is 0 Å². The van der Waals surface area contributed by atoms with Crippen molar-refractivity contribution in [3.8, 4) is 0 Å². The second-order valence-electron chi connectivity index (χ2n) is 3.11. The van der Waals surface area contributed by atoms with E-state index in [1.54, 1.807) is 4.45 Å². The van der Waals surface area contributed by atoms with Crippen molar-refractivity contribution in [2.75, 3.05) is 7.11 Å². The predicted molar refractivity (Wildman–Crippen MR) is 73.8 cm³/mol. The Kier molecular flexibility index (Phi) is 3.85. The van der Waals surface area contributed by atoms with Gasteiger partial charge in [0.05, 0.1) is 35.8 Å². The predicted octanol–water partition coefficient (Wildman–Crippen LogP) is 3.41. The van der Waals surface area contributed by atoms with Gasteiger partial charge in [-0.15, -0.1) is 0 Å². The van der Waals surface area contributed by atoms with Gasteiger partial charge in [0.25, 0.3) is 0 Å². The molecular weight excluding hydrogens is 380 g/mol. The zero-order valence-electron chi connectivity index (χ0n) is 8.50. The summed E-state index contributed by atoms with van der Waals surface area (Å²) in [6, 6.07) is 1.27. The zero-order valence-corrected chi connectivity index (χ0v) is 12.4. The lowest BCUT2D eigenvalue weighted by Gasteiger charge is -2.05. The summed E-state index contributed by atoms with van der Waals surface area (Å²) in [7, 11) is 1.22. The number of methoxy groups -OCH3 is 1. The first-order valence-corrected chi connectivity index (χ1v) is 8.84. The van der Waals surface area contributed by atoms with Crippen molar-refractivity contribution in [3.63, 3.8) is 0 Å². The van der Waals surface area contributed by atoms with Crippen molar-refractivity contribution in [2.24, 2.45) is 0 Å². The summed E-state index contributed by atoms with van der Waals surface area (Å²) in [6.45, 7) is 0. The highest BCUT2D eigenvalue weighted by Crippen LogP contribution is 2.34. The Morgan fingerprint density at radius 2 is 2.41 bits per heavy atom. The van der Waals surface area contributed by atoms with Crippen molar-refractivity contribution < 1.29 is 13.9 Å². The number of esters is 1. The van der Waals surface area contributed by atoms with E-state index in [0.717, 1.165) is 0 Å². The Labute approximate surface area is 116 Å². The SMILES string of the molecule is COC(=O)c1c(Cl)c(F)cc2c1cnn2PI. The lowest BCUT2D eigenvalue weighted by molar-refractivity contribution is 0.0602. The van der Waals surface area contributed by atoms with E-state index in [9.17, 15) is 9.18 Å². The molecule has 17 heavy (non-hydrogen) atoms. The first-order valence-electron chi connectivity index (χ1n) is 4.40. The van der Waals surface area contributed by atoms with Crippen LogP contribution in [0.25, 0.3) is 10.9 Å². The summed E-state index contributed by atoms with van der Waals surface area (Å²) in [4.78, 5) is 11.6. The van der Waals surface area contributed by atoms with Gasteiger partial charge in [0.1, 0.15) is 5.82 Å². The number of carbonyl (C=O) groups is 1. The molecule has 1 heterocycles. The van der Waals surface area contributed by atoms with E-state index < -0.39 is 11.8 Å². The van der Waals surface area contributed by atoms with Crippen molar-refractivity contribution in [1.82, 2.24) is 9.55 Å². The van der Waals surface area contributed by atoms with Gasteiger partial charge in [0.15, 0.2) is 0 Å². The summed E-state index contributed by atoms with van der Waals surface area (Å²) < 4.78 is 19.8. The number of rotatable bonds is 2. The highest BCUT2D eigenvalue weighted by Gasteiger charge is 2.21. The van der Waals surface area contributed by atoms with Crippen LogP contribution in [0, 0.1) is 5.82 Å². The van der Waals surface area contributed by atoms with Crippen LogP contribution in [-0.4, -0.2) is 22.6 Å². The first-order chi connectivity index (χ1) is 8.10. The highest BCUT2D eigenvalue weighted by atomic mass is 127. The summed E-state index contributed by atoms with van der Waals surface area (Å²) in [6.07, 6.45) is 1.79. The highest BCUT2D eigenvalue weighted by molar-refractivity contribution is 14.2. The van der Waals surface area contributed by atoms with Crippen molar-refractivity contribution in [3.05, 3.63) is 28.7 Å². The first kappa shape index (κ1) is 13.0. The molecule has 0 saturated carbocycles. The molecule has 1 aromatic heterocycles. The maximum atomic E-state index is 13.6. The Morgan fingerprint density at radius 3 is 3.00 bits per heavy atom.